The summed E-state index contributed by atoms with van der Waals surface area (Å²) in [4.78, 5) is 27.3. The van der Waals surface area contributed by atoms with Crippen LogP contribution in [0, 0.1) is 0 Å². The summed E-state index contributed by atoms with van der Waals surface area (Å²) >= 11 is 1.41. The summed E-state index contributed by atoms with van der Waals surface area (Å²) in [6, 6.07) is 5.29. The van der Waals surface area contributed by atoms with Crippen molar-refractivity contribution in [2.75, 3.05) is 26.5 Å². The topological polar surface area (TPSA) is 55.8 Å². The molecule has 0 aliphatic carbocycles. The second-order valence-corrected chi connectivity index (χ2v) is 6.60. The van der Waals surface area contributed by atoms with Gasteiger partial charge in [-0.05, 0) is 29.9 Å². The van der Waals surface area contributed by atoms with E-state index in [2.05, 4.69) is 0 Å². The van der Waals surface area contributed by atoms with E-state index >= 15 is 0 Å². The van der Waals surface area contributed by atoms with Crippen LogP contribution in [0.1, 0.15) is 32.3 Å². The predicted molar refractivity (Wildman–Crippen MR) is 96.2 cm³/mol. The number of methoxy groups -OCH3 is 2. The van der Waals surface area contributed by atoms with Gasteiger partial charge in [0.15, 0.2) is 11.5 Å². The van der Waals surface area contributed by atoms with Gasteiger partial charge in [0.25, 0.3) is 11.8 Å². The van der Waals surface area contributed by atoms with Gasteiger partial charge in [0, 0.05) is 6.54 Å². The number of ether oxygens (including phenoxy) is 2. The van der Waals surface area contributed by atoms with E-state index < -0.39 is 0 Å². The van der Waals surface area contributed by atoms with E-state index in [0.717, 1.165) is 18.6 Å². The Bertz CT molecular complexity index is 669. The molecule has 0 saturated carbocycles. The monoisotopic (exact) mass is 349 g/mol. The van der Waals surface area contributed by atoms with Crippen LogP contribution < -0.4 is 9.47 Å². The van der Waals surface area contributed by atoms with Crippen LogP contribution in [-0.2, 0) is 9.59 Å². The van der Waals surface area contributed by atoms with E-state index in [1.807, 2.05) is 13.8 Å². The van der Waals surface area contributed by atoms with E-state index in [0.29, 0.717) is 34.1 Å². The third kappa shape index (κ3) is 3.43. The Kier molecular flexibility index (Phi) is 6.31. The van der Waals surface area contributed by atoms with Crippen LogP contribution in [-0.4, -0.2) is 43.2 Å². The van der Waals surface area contributed by atoms with Crippen molar-refractivity contribution in [3.05, 3.63) is 28.7 Å². The first-order valence-corrected chi connectivity index (χ1v) is 9.03. The average Bonchev–Trinajstić information content (AvgIpc) is 2.83. The highest BCUT2D eigenvalue weighted by Crippen LogP contribution is 2.39. The lowest BCUT2D eigenvalue weighted by Crippen LogP contribution is -2.32. The Labute approximate surface area is 147 Å². The number of thioether (sulfide) groups is 1. The number of hydrogen-bond acceptors (Lipinski definition) is 5. The molecule has 0 unspecified atom stereocenters. The summed E-state index contributed by atoms with van der Waals surface area (Å²) in [5.74, 6) is 1.44. The molecule has 24 heavy (non-hydrogen) atoms. The zero-order valence-corrected chi connectivity index (χ0v) is 15.4. The molecule has 1 aromatic rings. The standard InChI is InChI=1S/C18H23NO4S/c1-5-7-10-19-17(20)15(16(18(19)21)24-6-2)12-8-9-13(22-3)14(11-12)23-4/h8-9,11H,5-7,10H2,1-4H3. The summed E-state index contributed by atoms with van der Waals surface area (Å²) in [5, 5.41) is 0. The number of rotatable bonds is 8. The summed E-state index contributed by atoms with van der Waals surface area (Å²) in [5.41, 5.74) is 1.14. The molecule has 5 nitrogen and oxygen atoms in total. The Balaban J connectivity index is 2.47. The third-order valence-electron chi connectivity index (χ3n) is 3.82. The number of carbonyl (C=O) groups is 2. The molecule has 0 fully saturated rings. The molecule has 0 spiro atoms. The lowest BCUT2D eigenvalue weighted by molar-refractivity contribution is -0.136. The maximum Gasteiger partial charge on any atom is 0.267 e. The van der Waals surface area contributed by atoms with Gasteiger partial charge in [-0.15, -0.1) is 11.8 Å². The third-order valence-corrected chi connectivity index (χ3v) is 4.78. The molecular formula is C18H23NO4S. The van der Waals surface area contributed by atoms with Crippen LogP contribution in [0.5, 0.6) is 11.5 Å². The van der Waals surface area contributed by atoms with Gasteiger partial charge in [0.1, 0.15) is 0 Å². The first-order chi connectivity index (χ1) is 11.6. The van der Waals surface area contributed by atoms with E-state index in [9.17, 15) is 9.59 Å². The van der Waals surface area contributed by atoms with E-state index in [-0.39, 0.29) is 11.8 Å². The Morgan fingerprint density at radius 3 is 2.33 bits per heavy atom. The second-order valence-electron chi connectivity index (χ2n) is 5.32. The van der Waals surface area contributed by atoms with Crippen molar-refractivity contribution in [1.82, 2.24) is 4.90 Å². The quantitative estimate of drug-likeness (QED) is 0.674. The highest BCUT2D eigenvalue weighted by atomic mass is 32.2. The average molecular weight is 349 g/mol. The Morgan fingerprint density at radius 2 is 1.75 bits per heavy atom. The Hall–Kier alpha value is -1.95. The second kappa shape index (κ2) is 8.24. The van der Waals surface area contributed by atoms with Crippen LogP contribution >= 0.6 is 11.8 Å². The minimum atomic E-state index is -0.225. The van der Waals surface area contributed by atoms with Crippen molar-refractivity contribution in [2.24, 2.45) is 0 Å². The normalized spacial score (nSPS) is 14.6. The van der Waals surface area contributed by atoms with Crippen LogP contribution in [0.25, 0.3) is 5.57 Å². The molecule has 6 heteroatoms. The van der Waals surface area contributed by atoms with Gasteiger partial charge >= 0.3 is 0 Å². The van der Waals surface area contributed by atoms with Crippen molar-refractivity contribution >= 4 is 29.1 Å². The van der Waals surface area contributed by atoms with Crippen molar-refractivity contribution in [2.45, 2.75) is 26.7 Å². The van der Waals surface area contributed by atoms with Crippen LogP contribution in [0.2, 0.25) is 0 Å². The van der Waals surface area contributed by atoms with Crippen molar-refractivity contribution in [3.63, 3.8) is 0 Å². The molecular weight excluding hydrogens is 326 g/mol. The van der Waals surface area contributed by atoms with Crippen LogP contribution in [0.4, 0.5) is 0 Å². The van der Waals surface area contributed by atoms with Gasteiger partial charge in [-0.2, -0.15) is 0 Å². The zero-order valence-electron chi connectivity index (χ0n) is 14.5. The number of unbranched alkanes of at least 4 members (excludes halogenated alkanes) is 1. The lowest BCUT2D eigenvalue weighted by atomic mass is 10.1. The number of amides is 2. The SMILES string of the molecule is CCCCN1C(=O)C(SCC)=C(c2ccc(OC)c(OC)c2)C1=O. The number of hydrogen-bond donors (Lipinski definition) is 0. The fourth-order valence-electron chi connectivity index (χ4n) is 2.60. The zero-order chi connectivity index (χ0) is 17.7. The molecule has 0 bridgehead atoms. The molecule has 130 valence electrons. The largest absolute Gasteiger partial charge is 0.493 e. The molecule has 1 heterocycles. The molecule has 0 saturated heterocycles. The summed E-state index contributed by atoms with van der Waals surface area (Å²) < 4.78 is 10.6. The number of nitrogens with zero attached hydrogens (tertiary/aromatic N) is 1. The van der Waals surface area contributed by atoms with Gasteiger partial charge in [-0.3, -0.25) is 14.5 Å². The summed E-state index contributed by atoms with van der Waals surface area (Å²) in [6.45, 7) is 4.46. The number of imide groups is 1. The molecule has 0 atom stereocenters. The van der Waals surface area contributed by atoms with Crippen LogP contribution in [0.15, 0.2) is 23.1 Å². The smallest absolute Gasteiger partial charge is 0.267 e. The van der Waals surface area contributed by atoms with Crippen molar-refractivity contribution in [3.8, 4) is 11.5 Å². The van der Waals surface area contributed by atoms with Crippen LogP contribution in [0.3, 0.4) is 0 Å². The van der Waals surface area contributed by atoms with E-state index in [1.165, 1.54) is 16.7 Å². The molecule has 0 N–H and O–H groups in total. The fourth-order valence-corrected chi connectivity index (χ4v) is 3.47. The molecule has 2 amide bonds. The first-order valence-electron chi connectivity index (χ1n) is 8.04. The first kappa shape index (κ1) is 18.4. The lowest BCUT2D eigenvalue weighted by Gasteiger charge is -2.14. The van der Waals surface area contributed by atoms with Gasteiger partial charge in [0.05, 0.1) is 24.7 Å². The van der Waals surface area contributed by atoms with Gasteiger partial charge < -0.3 is 9.47 Å². The summed E-state index contributed by atoms with van der Waals surface area (Å²) in [6.07, 6.45) is 1.74. The number of benzene rings is 1. The highest BCUT2D eigenvalue weighted by Gasteiger charge is 2.38. The van der Waals surface area contributed by atoms with Gasteiger partial charge in [-0.25, -0.2) is 0 Å². The highest BCUT2D eigenvalue weighted by molar-refractivity contribution is 8.04. The maximum absolute atomic E-state index is 12.8. The van der Waals surface area contributed by atoms with E-state index in [1.54, 1.807) is 32.4 Å². The molecule has 1 aromatic carbocycles. The molecule has 0 radical (unpaired) electrons. The predicted octanol–water partition coefficient (Wildman–Crippen LogP) is 3.34. The molecule has 1 aliphatic heterocycles. The van der Waals surface area contributed by atoms with Crippen molar-refractivity contribution in [1.29, 1.82) is 0 Å². The fraction of sp³-hybridized carbons (Fsp3) is 0.444. The molecule has 1 aliphatic rings. The van der Waals surface area contributed by atoms with Crippen molar-refractivity contribution < 1.29 is 19.1 Å². The van der Waals surface area contributed by atoms with Gasteiger partial charge in [0.2, 0.25) is 0 Å². The summed E-state index contributed by atoms with van der Waals surface area (Å²) in [7, 11) is 3.11. The Morgan fingerprint density at radius 1 is 1.04 bits per heavy atom. The minimum absolute atomic E-state index is 0.190. The number of carbonyl (C=O) groups excluding carboxylic acids is 2. The maximum atomic E-state index is 12.8. The molecule has 2 rings (SSSR count). The minimum Gasteiger partial charge on any atom is -0.493 e. The van der Waals surface area contributed by atoms with Gasteiger partial charge in [-0.1, -0.05) is 26.3 Å². The molecule has 0 aromatic heterocycles. The van der Waals surface area contributed by atoms with E-state index in [4.69, 9.17) is 9.47 Å².